The number of carbonyl (C=O) groups excluding carboxylic acids is 1. The monoisotopic (exact) mass is 310 g/mol. The lowest BCUT2D eigenvalue weighted by molar-refractivity contribution is 0.0670. The summed E-state index contributed by atoms with van der Waals surface area (Å²) >= 11 is 1.39. The first-order valence-electron chi connectivity index (χ1n) is 7.29. The number of thiazole rings is 1. The molecule has 2 fully saturated rings. The van der Waals surface area contributed by atoms with Crippen LogP contribution in [0.1, 0.15) is 16.1 Å². The van der Waals surface area contributed by atoms with Crippen LogP contribution in [0, 0.1) is 0 Å². The number of likely N-dealkylation sites (N-methyl/N-ethyl adjacent to an activating group) is 1. The van der Waals surface area contributed by atoms with Gasteiger partial charge >= 0.3 is 0 Å². The van der Waals surface area contributed by atoms with Gasteiger partial charge in [-0.2, -0.15) is 0 Å². The molecule has 0 aliphatic carbocycles. The van der Waals surface area contributed by atoms with Crippen LogP contribution in [0.2, 0.25) is 0 Å². The number of hydrogen-bond acceptors (Lipinski definition) is 7. The van der Waals surface area contributed by atoms with E-state index in [1.165, 1.54) is 11.3 Å². The maximum atomic E-state index is 12.6. The van der Waals surface area contributed by atoms with Crippen molar-refractivity contribution in [2.45, 2.75) is 12.5 Å². The number of hydrogen-bond donors (Lipinski definition) is 2. The fraction of sp³-hybridized carbons (Fsp3) is 0.692. The van der Waals surface area contributed by atoms with Gasteiger partial charge in [-0.3, -0.25) is 4.79 Å². The average molecular weight is 310 g/mol. The summed E-state index contributed by atoms with van der Waals surface area (Å²) in [6.07, 6.45) is 0.960. The third-order valence-electron chi connectivity index (χ3n) is 4.12. The van der Waals surface area contributed by atoms with Crippen molar-refractivity contribution in [1.82, 2.24) is 14.8 Å². The van der Waals surface area contributed by atoms with Crippen LogP contribution < -0.4 is 16.4 Å². The summed E-state index contributed by atoms with van der Waals surface area (Å²) in [5, 5.41) is 0.818. The Kier molecular flexibility index (Phi) is 4.01. The van der Waals surface area contributed by atoms with Gasteiger partial charge in [-0.25, -0.2) is 4.98 Å². The van der Waals surface area contributed by atoms with Gasteiger partial charge < -0.3 is 26.2 Å². The van der Waals surface area contributed by atoms with E-state index in [2.05, 4.69) is 21.8 Å². The van der Waals surface area contributed by atoms with E-state index in [1.807, 2.05) is 4.90 Å². The number of nitrogens with two attached hydrogens (primary N) is 2. The van der Waals surface area contributed by atoms with Gasteiger partial charge in [0.05, 0.1) is 0 Å². The van der Waals surface area contributed by atoms with Crippen molar-refractivity contribution >= 4 is 28.2 Å². The van der Waals surface area contributed by atoms with Crippen LogP contribution in [0.15, 0.2) is 0 Å². The molecule has 0 saturated carbocycles. The number of carbonyl (C=O) groups is 1. The second-order valence-corrected chi connectivity index (χ2v) is 6.78. The first kappa shape index (κ1) is 14.6. The number of aromatic nitrogens is 1. The van der Waals surface area contributed by atoms with Gasteiger partial charge in [0.25, 0.3) is 5.91 Å². The van der Waals surface area contributed by atoms with Gasteiger partial charge in [-0.15, -0.1) is 0 Å². The fourth-order valence-corrected chi connectivity index (χ4v) is 3.71. The van der Waals surface area contributed by atoms with E-state index in [9.17, 15) is 4.79 Å². The first-order valence-corrected chi connectivity index (χ1v) is 8.11. The number of rotatable bonds is 2. The summed E-state index contributed by atoms with van der Waals surface area (Å²) in [6.45, 7) is 4.97. The number of nitrogen functional groups attached to an aromatic ring is 1. The molecule has 1 amide bonds. The zero-order chi connectivity index (χ0) is 15.0. The van der Waals surface area contributed by atoms with Crippen LogP contribution >= 0.6 is 11.3 Å². The van der Waals surface area contributed by atoms with Crippen LogP contribution in [0.25, 0.3) is 0 Å². The van der Waals surface area contributed by atoms with Crippen LogP contribution in [-0.2, 0) is 0 Å². The molecule has 0 aromatic carbocycles. The Bertz CT molecular complexity index is 525. The smallest absolute Gasteiger partial charge is 0.267 e. The first-order chi connectivity index (χ1) is 10.0. The highest BCUT2D eigenvalue weighted by Gasteiger charge is 2.28. The van der Waals surface area contributed by atoms with E-state index >= 15 is 0 Å². The average Bonchev–Trinajstić information content (AvgIpc) is 3.05. The molecule has 4 N–H and O–H groups in total. The van der Waals surface area contributed by atoms with Crippen molar-refractivity contribution in [1.29, 1.82) is 0 Å². The van der Waals surface area contributed by atoms with Crippen LogP contribution in [0.3, 0.4) is 0 Å². The van der Waals surface area contributed by atoms with Crippen molar-refractivity contribution in [2.24, 2.45) is 5.73 Å². The molecular weight excluding hydrogens is 288 g/mol. The minimum atomic E-state index is 0.00726. The summed E-state index contributed by atoms with van der Waals surface area (Å²) < 4.78 is 0. The van der Waals surface area contributed by atoms with Gasteiger partial charge in [-0.05, 0) is 13.5 Å². The van der Waals surface area contributed by atoms with Crippen molar-refractivity contribution in [3.8, 4) is 0 Å². The van der Waals surface area contributed by atoms with E-state index in [-0.39, 0.29) is 11.9 Å². The third kappa shape index (κ3) is 2.97. The Hall–Kier alpha value is -1.38. The molecule has 1 atom stereocenters. The lowest BCUT2D eigenvalue weighted by Gasteiger charge is -2.32. The van der Waals surface area contributed by atoms with Gasteiger partial charge in [-0.1, -0.05) is 11.3 Å². The molecule has 116 valence electrons. The number of anilines is 2. The molecule has 21 heavy (non-hydrogen) atoms. The Balaban J connectivity index is 1.73. The highest BCUT2D eigenvalue weighted by molar-refractivity contribution is 7.18. The molecule has 3 rings (SSSR count). The lowest BCUT2D eigenvalue weighted by Crippen LogP contribution is -2.47. The fourth-order valence-electron chi connectivity index (χ4n) is 2.72. The summed E-state index contributed by atoms with van der Waals surface area (Å²) in [6, 6.07) is 0.187. The van der Waals surface area contributed by atoms with E-state index in [0.29, 0.717) is 10.7 Å². The second kappa shape index (κ2) is 5.78. The molecule has 1 aromatic rings. The predicted molar refractivity (Wildman–Crippen MR) is 84.7 cm³/mol. The molecule has 0 bridgehead atoms. The highest BCUT2D eigenvalue weighted by atomic mass is 32.1. The largest absolute Gasteiger partial charge is 0.382 e. The van der Waals surface area contributed by atoms with Crippen molar-refractivity contribution in [2.75, 3.05) is 56.9 Å². The highest BCUT2D eigenvalue weighted by Crippen LogP contribution is 2.31. The van der Waals surface area contributed by atoms with Crippen molar-refractivity contribution in [3.05, 3.63) is 4.88 Å². The Labute approximate surface area is 128 Å². The van der Waals surface area contributed by atoms with Gasteiger partial charge in [0, 0.05) is 45.3 Å². The summed E-state index contributed by atoms with van der Waals surface area (Å²) in [5.74, 6) is 0.354. The molecule has 1 unspecified atom stereocenters. The molecule has 0 spiro atoms. The number of piperazine rings is 1. The van der Waals surface area contributed by atoms with E-state index in [1.54, 1.807) is 0 Å². The topological polar surface area (TPSA) is 91.7 Å². The van der Waals surface area contributed by atoms with Crippen LogP contribution in [0.4, 0.5) is 10.9 Å². The molecule has 2 aliphatic rings. The quantitative estimate of drug-likeness (QED) is 0.776. The van der Waals surface area contributed by atoms with Crippen molar-refractivity contribution < 1.29 is 4.79 Å². The van der Waals surface area contributed by atoms with Gasteiger partial charge in [0.2, 0.25) is 0 Å². The van der Waals surface area contributed by atoms with Crippen molar-refractivity contribution in [3.63, 3.8) is 0 Å². The van der Waals surface area contributed by atoms with Gasteiger partial charge in [0.1, 0.15) is 10.7 Å². The minimum absolute atomic E-state index is 0.00726. The molecule has 2 saturated heterocycles. The third-order valence-corrected chi connectivity index (χ3v) is 5.24. The summed E-state index contributed by atoms with van der Waals surface area (Å²) in [7, 11) is 2.07. The second-order valence-electron chi connectivity index (χ2n) is 5.80. The molecule has 1 aromatic heterocycles. The zero-order valence-electron chi connectivity index (χ0n) is 12.3. The molecule has 2 aliphatic heterocycles. The SMILES string of the molecule is CN1CCN(C(=O)c2sc(N3CCC(N)C3)nc2N)CC1. The standard InChI is InChI=1S/C13H22N6OS/c1-17-4-6-18(7-5-17)12(20)10-11(15)16-13(21-10)19-3-2-9(14)8-19/h9H,2-8,14-15H2,1H3. The molecular formula is C13H22N6OS. The summed E-state index contributed by atoms with van der Waals surface area (Å²) in [4.78, 5) is 23.7. The normalized spacial score (nSPS) is 23.8. The van der Waals surface area contributed by atoms with E-state index in [4.69, 9.17) is 11.5 Å². The van der Waals surface area contributed by atoms with Crippen LogP contribution in [-0.4, -0.2) is 73.0 Å². The van der Waals surface area contributed by atoms with Crippen LogP contribution in [0.5, 0.6) is 0 Å². The predicted octanol–water partition coefficient (Wildman–Crippen LogP) is -0.350. The maximum absolute atomic E-state index is 12.6. The molecule has 0 radical (unpaired) electrons. The van der Waals surface area contributed by atoms with E-state index < -0.39 is 0 Å². The lowest BCUT2D eigenvalue weighted by atomic mass is 10.3. The Morgan fingerprint density at radius 1 is 1.29 bits per heavy atom. The van der Waals surface area contributed by atoms with Gasteiger partial charge in [0.15, 0.2) is 5.13 Å². The Morgan fingerprint density at radius 3 is 2.62 bits per heavy atom. The Morgan fingerprint density at radius 2 is 2.00 bits per heavy atom. The minimum Gasteiger partial charge on any atom is -0.382 e. The summed E-state index contributed by atoms with van der Waals surface area (Å²) in [5.41, 5.74) is 11.9. The molecule has 7 nitrogen and oxygen atoms in total. The number of nitrogens with zero attached hydrogens (tertiary/aromatic N) is 4. The molecule has 8 heteroatoms. The zero-order valence-corrected chi connectivity index (χ0v) is 13.1. The van der Waals surface area contributed by atoms with E-state index in [0.717, 1.165) is 50.8 Å². The maximum Gasteiger partial charge on any atom is 0.267 e. The number of amides is 1. The molecule has 3 heterocycles.